The smallest absolute Gasteiger partial charge is 0.229 e. The quantitative estimate of drug-likeness (QED) is 0.721. The lowest BCUT2D eigenvalue weighted by atomic mass is 9.96. The van der Waals surface area contributed by atoms with Gasteiger partial charge in [0.2, 0.25) is 5.91 Å². The van der Waals surface area contributed by atoms with Gasteiger partial charge in [0.05, 0.1) is 12.1 Å². The molecule has 4 rings (SSSR count). The van der Waals surface area contributed by atoms with Crippen molar-refractivity contribution in [1.29, 1.82) is 0 Å². The van der Waals surface area contributed by atoms with Crippen LogP contribution in [0.1, 0.15) is 26.7 Å². The maximum Gasteiger partial charge on any atom is 0.229 e. The third-order valence-corrected chi connectivity index (χ3v) is 5.37. The molecule has 3 heterocycles. The molecule has 0 aliphatic carbocycles. The molecule has 1 N–H and O–H groups in total. The summed E-state index contributed by atoms with van der Waals surface area (Å²) in [4.78, 5) is 19.7. The summed E-state index contributed by atoms with van der Waals surface area (Å²) in [5.41, 5.74) is 1.81. The Balaban J connectivity index is 1.49. The minimum atomic E-state index is 0.0194. The first-order valence-corrected chi connectivity index (χ1v) is 10.3. The van der Waals surface area contributed by atoms with Crippen molar-refractivity contribution in [2.75, 3.05) is 25.0 Å². The van der Waals surface area contributed by atoms with Crippen LogP contribution in [-0.2, 0) is 11.8 Å². The van der Waals surface area contributed by atoms with Crippen LogP contribution in [0.25, 0.3) is 22.0 Å². The second-order valence-electron chi connectivity index (χ2n) is 8.39. The van der Waals surface area contributed by atoms with Gasteiger partial charge in [-0.2, -0.15) is 0 Å². The monoisotopic (exact) mass is 392 g/mol. The number of fused-ring (bicyclic) bond motifs is 1. The predicted molar refractivity (Wildman–Crippen MR) is 114 cm³/mol. The zero-order valence-corrected chi connectivity index (χ0v) is 17.3. The van der Waals surface area contributed by atoms with Gasteiger partial charge in [-0.1, -0.05) is 31.2 Å². The number of piperidine rings is 1. The number of pyridine rings is 1. The van der Waals surface area contributed by atoms with Gasteiger partial charge in [-0.3, -0.25) is 9.48 Å². The Morgan fingerprint density at radius 3 is 2.90 bits per heavy atom. The summed E-state index contributed by atoms with van der Waals surface area (Å²) in [5.74, 6) is 1.29. The number of likely N-dealkylation sites (tertiary alicyclic amines) is 1. The highest BCUT2D eigenvalue weighted by Gasteiger charge is 2.26. The first-order chi connectivity index (χ1) is 14.0. The van der Waals surface area contributed by atoms with Crippen LogP contribution in [0.3, 0.4) is 0 Å². The molecule has 1 saturated heterocycles. The van der Waals surface area contributed by atoms with Gasteiger partial charge in [-0.25, -0.2) is 4.98 Å². The summed E-state index contributed by atoms with van der Waals surface area (Å²) >= 11 is 0. The van der Waals surface area contributed by atoms with E-state index >= 15 is 0 Å². The molecule has 7 heteroatoms. The molecule has 0 bridgehead atoms. The normalized spacial score (nSPS) is 17.7. The van der Waals surface area contributed by atoms with E-state index in [1.807, 2.05) is 31.4 Å². The number of nitrogens with zero attached hydrogens (tertiary/aromatic N) is 5. The van der Waals surface area contributed by atoms with Crippen molar-refractivity contribution in [3.8, 4) is 11.3 Å². The minimum Gasteiger partial charge on any atom is -0.310 e. The van der Waals surface area contributed by atoms with Crippen molar-refractivity contribution in [3.63, 3.8) is 0 Å². The molecular formula is C22H28N6O. The van der Waals surface area contributed by atoms with E-state index in [4.69, 9.17) is 0 Å². The molecule has 1 unspecified atom stereocenters. The molecule has 152 valence electrons. The number of carbonyl (C=O) groups is 1. The maximum atomic E-state index is 12.8. The largest absolute Gasteiger partial charge is 0.310 e. The molecular weight excluding hydrogens is 364 g/mol. The highest BCUT2D eigenvalue weighted by atomic mass is 16.2. The summed E-state index contributed by atoms with van der Waals surface area (Å²) in [7, 11) is 1.85. The lowest BCUT2D eigenvalue weighted by Gasteiger charge is -2.32. The number of aromatic nitrogens is 4. The second kappa shape index (κ2) is 8.29. The number of hydrogen-bond donors (Lipinski definition) is 1. The van der Waals surface area contributed by atoms with Gasteiger partial charge in [0.25, 0.3) is 0 Å². The number of amides is 1. The Labute approximate surface area is 171 Å². The average Bonchev–Trinajstić information content (AvgIpc) is 3.13. The number of nitrogens with one attached hydrogen (secondary N) is 1. The first-order valence-electron chi connectivity index (χ1n) is 10.3. The molecule has 0 saturated carbocycles. The van der Waals surface area contributed by atoms with E-state index in [0.717, 1.165) is 54.5 Å². The van der Waals surface area contributed by atoms with Crippen LogP contribution < -0.4 is 5.32 Å². The Morgan fingerprint density at radius 1 is 1.28 bits per heavy atom. The molecule has 0 radical (unpaired) electrons. The molecule has 1 aromatic carbocycles. The van der Waals surface area contributed by atoms with E-state index in [-0.39, 0.29) is 11.8 Å². The highest BCUT2D eigenvalue weighted by Crippen LogP contribution is 2.25. The van der Waals surface area contributed by atoms with E-state index in [1.54, 1.807) is 10.9 Å². The number of rotatable bonds is 5. The van der Waals surface area contributed by atoms with Crippen molar-refractivity contribution >= 4 is 22.5 Å². The van der Waals surface area contributed by atoms with Crippen molar-refractivity contribution in [2.24, 2.45) is 18.9 Å². The molecule has 3 aromatic rings. The number of anilines is 1. The fourth-order valence-corrected chi connectivity index (χ4v) is 4.03. The Kier molecular flexibility index (Phi) is 5.58. The van der Waals surface area contributed by atoms with Crippen molar-refractivity contribution < 1.29 is 4.79 Å². The first kappa shape index (κ1) is 19.5. The van der Waals surface area contributed by atoms with Crippen molar-refractivity contribution in [2.45, 2.75) is 26.7 Å². The zero-order valence-electron chi connectivity index (χ0n) is 17.3. The van der Waals surface area contributed by atoms with Crippen LogP contribution in [0, 0.1) is 11.8 Å². The Morgan fingerprint density at radius 2 is 2.14 bits per heavy atom. The van der Waals surface area contributed by atoms with Crippen LogP contribution >= 0.6 is 0 Å². The van der Waals surface area contributed by atoms with Crippen molar-refractivity contribution in [3.05, 3.63) is 36.7 Å². The number of carbonyl (C=O) groups excluding carboxylic acids is 1. The summed E-state index contributed by atoms with van der Waals surface area (Å²) in [6.07, 6.45) is 5.69. The molecule has 1 amide bonds. The second-order valence-corrected chi connectivity index (χ2v) is 8.39. The third kappa shape index (κ3) is 4.62. The van der Waals surface area contributed by atoms with Gasteiger partial charge in [0, 0.05) is 37.3 Å². The van der Waals surface area contributed by atoms with E-state index < -0.39 is 0 Å². The van der Waals surface area contributed by atoms with E-state index in [1.165, 1.54) is 0 Å². The Hall–Kier alpha value is -2.80. The van der Waals surface area contributed by atoms with Gasteiger partial charge < -0.3 is 10.2 Å². The van der Waals surface area contributed by atoms with Gasteiger partial charge in [-0.15, -0.1) is 5.10 Å². The lowest BCUT2D eigenvalue weighted by Crippen LogP contribution is -2.42. The fraction of sp³-hybridized carbons (Fsp3) is 0.455. The summed E-state index contributed by atoms with van der Waals surface area (Å²) in [6.45, 7) is 7.40. The maximum absolute atomic E-state index is 12.8. The predicted octanol–water partition coefficient (Wildman–Crippen LogP) is 3.34. The van der Waals surface area contributed by atoms with E-state index in [2.05, 4.69) is 45.4 Å². The zero-order chi connectivity index (χ0) is 20.4. The van der Waals surface area contributed by atoms with Gasteiger partial charge in [0.15, 0.2) is 0 Å². The minimum absolute atomic E-state index is 0.0194. The average molecular weight is 393 g/mol. The molecule has 1 aliphatic rings. The van der Waals surface area contributed by atoms with Crippen LogP contribution in [-0.4, -0.2) is 50.4 Å². The number of aryl methyl sites for hydroxylation is 1. The fourth-order valence-electron chi connectivity index (χ4n) is 4.03. The molecule has 29 heavy (non-hydrogen) atoms. The van der Waals surface area contributed by atoms with Crippen molar-refractivity contribution in [1.82, 2.24) is 24.9 Å². The molecule has 1 atom stereocenters. The number of benzene rings is 1. The lowest BCUT2D eigenvalue weighted by molar-refractivity contribution is -0.121. The third-order valence-electron chi connectivity index (χ3n) is 5.37. The van der Waals surface area contributed by atoms with Crippen LogP contribution in [0.2, 0.25) is 0 Å². The molecule has 0 spiro atoms. The topological polar surface area (TPSA) is 75.9 Å². The molecule has 1 aliphatic heterocycles. The summed E-state index contributed by atoms with van der Waals surface area (Å²) in [6, 6.07) is 8.02. The van der Waals surface area contributed by atoms with E-state index in [0.29, 0.717) is 11.7 Å². The van der Waals surface area contributed by atoms with Crippen LogP contribution in [0.5, 0.6) is 0 Å². The SMILES string of the molecule is CC(C)CN1CCCC(C(=O)Nc2cc3cc(-c4cn(C)nn4)ccc3cn2)C1. The number of hydrogen-bond acceptors (Lipinski definition) is 5. The summed E-state index contributed by atoms with van der Waals surface area (Å²) < 4.78 is 1.68. The molecule has 2 aromatic heterocycles. The van der Waals surface area contributed by atoms with Gasteiger partial charge in [-0.05, 0) is 42.8 Å². The Bertz CT molecular complexity index is 1010. The molecule has 1 fully saturated rings. The highest BCUT2D eigenvalue weighted by molar-refractivity contribution is 5.95. The van der Waals surface area contributed by atoms with E-state index in [9.17, 15) is 4.79 Å². The van der Waals surface area contributed by atoms with Gasteiger partial charge in [0.1, 0.15) is 11.5 Å². The molecule has 7 nitrogen and oxygen atoms in total. The van der Waals surface area contributed by atoms with Crippen LogP contribution in [0.15, 0.2) is 36.7 Å². The van der Waals surface area contributed by atoms with Crippen LogP contribution in [0.4, 0.5) is 5.82 Å². The van der Waals surface area contributed by atoms with Gasteiger partial charge >= 0.3 is 0 Å². The standard InChI is InChI=1S/C22H28N6O/c1-15(2)12-28-8-4-5-18(13-28)22(29)24-21-10-19-9-16(6-7-17(19)11-23-21)20-14-27(3)26-25-20/h6-7,9-11,14-15,18H,4-5,8,12-13H2,1-3H3,(H,23,24,29). The summed E-state index contributed by atoms with van der Waals surface area (Å²) in [5, 5.41) is 13.2.